The molecule has 0 saturated carbocycles. The average Bonchev–Trinajstić information content (AvgIpc) is 3.34. The Morgan fingerprint density at radius 3 is 2.63 bits per heavy atom. The molecular weight excluding hydrogens is 460 g/mol. The van der Waals surface area contributed by atoms with E-state index in [1.165, 1.54) is 6.07 Å². The molecule has 178 valence electrons. The number of rotatable bonds is 5. The van der Waals surface area contributed by atoms with Gasteiger partial charge in [-0.1, -0.05) is 38.1 Å². The first-order valence-corrected chi connectivity index (χ1v) is 12.5. The molecule has 1 aliphatic heterocycles. The van der Waals surface area contributed by atoms with Crippen LogP contribution in [0.25, 0.3) is 11.0 Å². The lowest BCUT2D eigenvalue weighted by atomic mass is 9.81. The first-order valence-electron chi connectivity index (χ1n) is 11.6. The quantitative estimate of drug-likeness (QED) is 0.365. The molecule has 0 aliphatic carbocycles. The summed E-state index contributed by atoms with van der Waals surface area (Å²) in [5, 5.41) is 5.81. The molecule has 6 nitrogen and oxygen atoms in total. The summed E-state index contributed by atoms with van der Waals surface area (Å²) in [5.74, 6) is -0.630. The van der Waals surface area contributed by atoms with Gasteiger partial charge >= 0.3 is 5.63 Å². The van der Waals surface area contributed by atoms with Gasteiger partial charge in [-0.2, -0.15) is 0 Å². The average molecular weight is 487 g/mol. The third-order valence-electron chi connectivity index (χ3n) is 6.34. The number of amides is 2. The standard InChI is InChI=1S/C28H26N2O4S/c1-16(2)15-30-26(23-9-6-12-35-23)25(20-7-4-5-8-21(20)28(30)33)27(32)29-18-10-11-19-17(3)13-24(31)34-22(19)14-18/h4-14,16,25-26H,15H2,1-3H3,(H,29,32)/t25-,26+/m1/s1. The number of carbonyl (C=O) groups is 2. The second-order valence-electron chi connectivity index (χ2n) is 9.33. The highest BCUT2D eigenvalue weighted by molar-refractivity contribution is 7.10. The predicted octanol–water partition coefficient (Wildman–Crippen LogP) is 5.74. The van der Waals surface area contributed by atoms with E-state index in [-0.39, 0.29) is 17.7 Å². The van der Waals surface area contributed by atoms with Crippen LogP contribution in [-0.2, 0) is 4.79 Å². The molecule has 0 fully saturated rings. The second kappa shape index (κ2) is 9.15. The van der Waals surface area contributed by atoms with Crippen LogP contribution in [-0.4, -0.2) is 23.3 Å². The number of carbonyl (C=O) groups excluding carboxylic acids is 2. The van der Waals surface area contributed by atoms with Crippen molar-refractivity contribution in [3.63, 3.8) is 0 Å². The van der Waals surface area contributed by atoms with Crippen molar-refractivity contribution >= 4 is 39.8 Å². The van der Waals surface area contributed by atoms with Crippen molar-refractivity contribution in [3.05, 3.63) is 98.0 Å². The van der Waals surface area contributed by atoms with Crippen LogP contribution < -0.4 is 10.9 Å². The molecular formula is C28H26N2O4S. The van der Waals surface area contributed by atoms with Crippen LogP contribution in [0, 0.1) is 12.8 Å². The van der Waals surface area contributed by atoms with Gasteiger partial charge in [0.1, 0.15) is 5.58 Å². The van der Waals surface area contributed by atoms with Crippen LogP contribution in [0.4, 0.5) is 5.69 Å². The van der Waals surface area contributed by atoms with Crippen LogP contribution in [0.2, 0.25) is 0 Å². The zero-order valence-corrected chi connectivity index (χ0v) is 20.6. The lowest BCUT2D eigenvalue weighted by molar-refractivity contribution is -0.119. The van der Waals surface area contributed by atoms with E-state index in [4.69, 9.17) is 4.42 Å². The number of benzene rings is 2. The molecule has 0 radical (unpaired) electrons. The van der Waals surface area contributed by atoms with E-state index in [2.05, 4.69) is 19.2 Å². The second-order valence-corrected chi connectivity index (χ2v) is 10.3. The normalized spacial score (nSPS) is 17.6. The highest BCUT2D eigenvalue weighted by Gasteiger charge is 2.44. The van der Waals surface area contributed by atoms with E-state index >= 15 is 0 Å². The van der Waals surface area contributed by atoms with Crippen molar-refractivity contribution in [2.75, 3.05) is 11.9 Å². The van der Waals surface area contributed by atoms with Gasteiger partial charge in [-0.05, 0) is 53.6 Å². The number of hydrogen-bond acceptors (Lipinski definition) is 5. The van der Waals surface area contributed by atoms with Crippen molar-refractivity contribution in [1.29, 1.82) is 0 Å². The van der Waals surface area contributed by atoms with E-state index in [1.54, 1.807) is 29.5 Å². The summed E-state index contributed by atoms with van der Waals surface area (Å²) in [6.45, 7) is 6.53. The summed E-state index contributed by atoms with van der Waals surface area (Å²) in [6, 6.07) is 17.6. The van der Waals surface area contributed by atoms with Crippen molar-refractivity contribution in [1.82, 2.24) is 4.90 Å². The fraction of sp³-hybridized carbons (Fsp3) is 0.250. The van der Waals surface area contributed by atoms with Gasteiger partial charge in [-0.25, -0.2) is 4.79 Å². The molecule has 0 unspecified atom stereocenters. The third kappa shape index (κ3) is 4.28. The molecule has 2 aromatic carbocycles. The van der Waals surface area contributed by atoms with Gasteiger partial charge in [0.25, 0.3) is 5.91 Å². The number of anilines is 1. The molecule has 0 bridgehead atoms. The number of nitrogens with zero attached hydrogens (tertiary/aromatic N) is 1. The Balaban J connectivity index is 1.59. The smallest absolute Gasteiger partial charge is 0.336 e. The number of hydrogen-bond donors (Lipinski definition) is 1. The summed E-state index contributed by atoms with van der Waals surface area (Å²) in [5.41, 5.74) is 2.61. The molecule has 1 N–H and O–H groups in total. The monoisotopic (exact) mass is 486 g/mol. The number of fused-ring (bicyclic) bond motifs is 2. The Labute approximate surface area is 207 Å². The maximum atomic E-state index is 13.9. The molecule has 0 spiro atoms. The predicted molar refractivity (Wildman–Crippen MR) is 138 cm³/mol. The van der Waals surface area contributed by atoms with Gasteiger partial charge in [-0.3, -0.25) is 9.59 Å². The van der Waals surface area contributed by atoms with Crippen molar-refractivity contribution in [2.45, 2.75) is 32.7 Å². The summed E-state index contributed by atoms with van der Waals surface area (Å²) in [7, 11) is 0. The molecule has 7 heteroatoms. The summed E-state index contributed by atoms with van der Waals surface area (Å²) >= 11 is 1.55. The SMILES string of the molecule is Cc1cc(=O)oc2cc(NC(=O)[C@@H]3c4ccccc4C(=O)N(CC(C)C)[C@H]3c3cccs3)ccc12. The zero-order chi connectivity index (χ0) is 24.7. The maximum absolute atomic E-state index is 13.9. The molecule has 2 atom stereocenters. The van der Waals surface area contributed by atoms with Gasteiger partial charge in [0.15, 0.2) is 0 Å². The van der Waals surface area contributed by atoms with E-state index in [1.807, 2.05) is 53.6 Å². The highest BCUT2D eigenvalue weighted by Crippen LogP contribution is 2.45. The molecule has 2 amide bonds. The largest absolute Gasteiger partial charge is 0.423 e. The summed E-state index contributed by atoms with van der Waals surface area (Å²) in [4.78, 5) is 42.1. The van der Waals surface area contributed by atoms with Crippen LogP contribution in [0.5, 0.6) is 0 Å². The minimum absolute atomic E-state index is 0.0558. The summed E-state index contributed by atoms with van der Waals surface area (Å²) in [6.07, 6.45) is 0. The van der Waals surface area contributed by atoms with E-state index in [9.17, 15) is 14.4 Å². The molecule has 5 rings (SSSR count). The first-order chi connectivity index (χ1) is 16.8. The fourth-order valence-electron chi connectivity index (χ4n) is 4.87. The first kappa shape index (κ1) is 23.1. The molecule has 2 aromatic heterocycles. The van der Waals surface area contributed by atoms with Gasteiger partial charge in [0.2, 0.25) is 5.91 Å². The van der Waals surface area contributed by atoms with Gasteiger partial charge < -0.3 is 14.6 Å². The lowest BCUT2D eigenvalue weighted by Crippen LogP contribution is -2.47. The van der Waals surface area contributed by atoms with Crippen molar-refractivity contribution in [3.8, 4) is 0 Å². The number of aryl methyl sites for hydroxylation is 1. The fourth-order valence-corrected chi connectivity index (χ4v) is 5.74. The minimum atomic E-state index is -0.596. The molecule has 35 heavy (non-hydrogen) atoms. The van der Waals surface area contributed by atoms with E-state index < -0.39 is 17.6 Å². The van der Waals surface area contributed by atoms with Crippen LogP contribution in [0.1, 0.15) is 52.2 Å². The van der Waals surface area contributed by atoms with Crippen LogP contribution >= 0.6 is 11.3 Å². The van der Waals surface area contributed by atoms with Gasteiger partial charge in [-0.15, -0.1) is 11.3 Å². The van der Waals surface area contributed by atoms with E-state index in [0.717, 1.165) is 21.4 Å². The number of thiophene rings is 1. The molecule has 1 aliphatic rings. The van der Waals surface area contributed by atoms with Crippen molar-refractivity contribution in [2.24, 2.45) is 5.92 Å². The Kier molecular flexibility index (Phi) is 6.03. The molecule has 4 aromatic rings. The van der Waals surface area contributed by atoms with E-state index in [0.29, 0.717) is 23.4 Å². The Bertz CT molecular complexity index is 1470. The topological polar surface area (TPSA) is 79.6 Å². The Morgan fingerprint density at radius 2 is 1.89 bits per heavy atom. The lowest BCUT2D eigenvalue weighted by Gasteiger charge is -2.42. The highest BCUT2D eigenvalue weighted by atomic mass is 32.1. The van der Waals surface area contributed by atoms with Crippen LogP contribution in [0.15, 0.2) is 75.3 Å². The molecule has 0 saturated heterocycles. The number of nitrogens with one attached hydrogen (secondary N) is 1. The van der Waals surface area contributed by atoms with Gasteiger partial charge in [0.05, 0.1) is 12.0 Å². The van der Waals surface area contributed by atoms with Crippen molar-refractivity contribution < 1.29 is 14.0 Å². The minimum Gasteiger partial charge on any atom is -0.423 e. The summed E-state index contributed by atoms with van der Waals surface area (Å²) < 4.78 is 5.36. The Morgan fingerprint density at radius 1 is 1.09 bits per heavy atom. The maximum Gasteiger partial charge on any atom is 0.336 e. The van der Waals surface area contributed by atoms with Gasteiger partial charge in [0, 0.05) is 40.2 Å². The third-order valence-corrected chi connectivity index (χ3v) is 7.28. The zero-order valence-electron chi connectivity index (χ0n) is 19.8. The van der Waals surface area contributed by atoms with Crippen LogP contribution in [0.3, 0.4) is 0 Å². The Hall–Kier alpha value is -3.71. The molecule has 3 heterocycles.